The Morgan fingerprint density at radius 3 is 2.50 bits per heavy atom. The van der Waals surface area contributed by atoms with Crippen molar-refractivity contribution in [3.05, 3.63) is 70.9 Å². The quantitative estimate of drug-likeness (QED) is 0.400. The van der Waals surface area contributed by atoms with Crippen LogP contribution in [-0.4, -0.2) is 19.7 Å². The molecule has 2 aromatic carbocycles. The van der Waals surface area contributed by atoms with E-state index in [1.165, 1.54) is 6.07 Å². The second kappa shape index (κ2) is 6.53. The van der Waals surface area contributed by atoms with Gasteiger partial charge in [0.15, 0.2) is 5.58 Å². The van der Waals surface area contributed by atoms with Crippen LogP contribution in [0, 0.1) is 38.9 Å². The molecular formula is C24H19N5O. The van der Waals surface area contributed by atoms with E-state index >= 15 is 0 Å². The van der Waals surface area contributed by atoms with Crippen molar-refractivity contribution in [3.63, 3.8) is 0 Å². The Hall–Kier alpha value is -3.98. The number of fused-ring (bicyclic) bond motifs is 3. The van der Waals surface area contributed by atoms with Crippen molar-refractivity contribution in [2.24, 2.45) is 0 Å². The van der Waals surface area contributed by atoms with Crippen LogP contribution in [0.25, 0.3) is 38.9 Å². The van der Waals surface area contributed by atoms with E-state index in [-0.39, 0.29) is 16.8 Å². The molecule has 0 aliphatic carbocycles. The number of rotatable bonds is 2. The molecule has 0 atom stereocenters. The van der Waals surface area contributed by atoms with Gasteiger partial charge in [0.1, 0.15) is 29.0 Å². The molecule has 0 N–H and O–H groups in total. The molecule has 0 amide bonds. The third kappa shape index (κ3) is 2.52. The van der Waals surface area contributed by atoms with Gasteiger partial charge in [0, 0.05) is 30.8 Å². The van der Waals surface area contributed by atoms with Gasteiger partial charge in [-0.05, 0) is 62.9 Å². The summed E-state index contributed by atoms with van der Waals surface area (Å²) >= 11 is 0. The van der Waals surface area contributed by atoms with Crippen LogP contribution in [0.15, 0.2) is 47.0 Å². The highest BCUT2D eigenvalue weighted by Crippen LogP contribution is 2.39. The Morgan fingerprint density at radius 1 is 1.00 bits per heavy atom. The van der Waals surface area contributed by atoms with Crippen LogP contribution in [0.1, 0.15) is 36.6 Å². The van der Waals surface area contributed by atoms with Crippen LogP contribution in [-0.2, 0) is 0 Å². The maximum absolute atomic E-state index is 9.81. The lowest BCUT2D eigenvalue weighted by Gasteiger charge is -2.09. The van der Waals surface area contributed by atoms with Crippen molar-refractivity contribution in [2.45, 2.75) is 27.6 Å². The minimum absolute atomic E-state index is 0.262. The zero-order valence-corrected chi connectivity index (χ0v) is 16.2. The zero-order valence-electron chi connectivity index (χ0n) is 22.2. The Kier molecular flexibility index (Phi) is 2.73. The summed E-state index contributed by atoms with van der Waals surface area (Å²) in [4.78, 5) is 4.30. The molecular weight excluding hydrogens is 374 g/mol. The molecule has 5 rings (SSSR count). The predicted molar refractivity (Wildman–Crippen MR) is 116 cm³/mol. The highest BCUT2D eigenvalue weighted by atomic mass is 16.3. The van der Waals surface area contributed by atoms with Crippen LogP contribution >= 0.6 is 0 Å². The second-order valence-corrected chi connectivity index (χ2v) is 6.98. The Morgan fingerprint density at radius 2 is 1.77 bits per heavy atom. The van der Waals surface area contributed by atoms with E-state index in [2.05, 4.69) is 21.3 Å². The molecule has 3 aromatic heterocycles. The molecule has 0 aliphatic rings. The molecule has 0 fully saturated rings. The first-order valence-electron chi connectivity index (χ1n) is 12.2. The lowest BCUT2D eigenvalue weighted by molar-refractivity contribution is 0.664. The number of hydrogen-bond acceptors (Lipinski definition) is 5. The number of nitrogens with zero attached hydrogens (tertiary/aromatic N) is 5. The van der Waals surface area contributed by atoms with Crippen LogP contribution in [0.4, 0.5) is 0 Å². The molecule has 6 nitrogen and oxygen atoms in total. The molecule has 0 unspecified atom stereocenters. The van der Waals surface area contributed by atoms with Crippen LogP contribution in [0.2, 0.25) is 0 Å². The maximum Gasteiger partial charge on any atom is 0.160 e. The average molecular weight is 399 g/mol. The SMILES string of the molecule is [2H]C([2H])([2H])c1cnc(-c2cccc3c2oc2c(-n4c(C)nnc4C)c(C#N)ccc23)cc1C([2H])([2H])[2H]. The number of aromatic nitrogens is 4. The van der Waals surface area contributed by atoms with Crippen LogP contribution < -0.4 is 0 Å². The number of nitriles is 1. The first-order chi connectivity index (χ1) is 16.9. The topological polar surface area (TPSA) is 80.5 Å². The molecule has 3 heterocycles. The van der Waals surface area contributed by atoms with Gasteiger partial charge < -0.3 is 4.42 Å². The van der Waals surface area contributed by atoms with Crippen molar-refractivity contribution in [2.75, 3.05) is 0 Å². The molecule has 0 spiro atoms. The van der Waals surface area contributed by atoms with Crippen molar-refractivity contribution >= 4 is 21.9 Å². The van der Waals surface area contributed by atoms with Gasteiger partial charge >= 0.3 is 0 Å². The molecule has 6 heteroatoms. The van der Waals surface area contributed by atoms with E-state index in [1.807, 2.05) is 6.07 Å². The third-order valence-corrected chi connectivity index (χ3v) is 5.15. The monoisotopic (exact) mass is 399 g/mol. The molecule has 30 heavy (non-hydrogen) atoms. The standard InChI is InChI=1S/C24H19N5O/c1-13-10-21(26-12-14(13)2)20-7-5-6-18-19-9-8-17(11-25)22(24(19)30-23(18)20)29-15(3)27-28-16(29)4/h5-10,12H,1-4H3/i1D3,2D3. The van der Waals surface area contributed by atoms with Crippen molar-refractivity contribution < 1.29 is 12.6 Å². The largest absolute Gasteiger partial charge is 0.453 e. The summed E-state index contributed by atoms with van der Waals surface area (Å²) in [6, 6.07) is 12.3. The first kappa shape index (κ1) is 12.6. The summed E-state index contributed by atoms with van der Waals surface area (Å²) in [6.07, 6.45) is 1.09. The summed E-state index contributed by atoms with van der Waals surface area (Å²) in [5, 5.41) is 19.5. The van der Waals surface area contributed by atoms with Gasteiger partial charge in [0.2, 0.25) is 0 Å². The van der Waals surface area contributed by atoms with Gasteiger partial charge in [-0.1, -0.05) is 12.1 Å². The van der Waals surface area contributed by atoms with Gasteiger partial charge in [-0.3, -0.25) is 9.55 Å². The highest BCUT2D eigenvalue weighted by molar-refractivity contribution is 6.11. The lowest BCUT2D eigenvalue weighted by atomic mass is 10.0. The number of hydrogen-bond donors (Lipinski definition) is 0. The number of benzene rings is 2. The molecule has 0 radical (unpaired) electrons. The van der Waals surface area contributed by atoms with Crippen molar-refractivity contribution in [1.82, 2.24) is 19.7 Å². The predicted octanol–water partition coefficient (Wildman–Crippen LogP) is 5.33. The number of aryl methyl sites for hydroxylation is 4. The fourth-order valence-electron chi connectivity index (χ4n) is 3.76. The Balaban J connectivity index is 1.83. The van der Waals surface area contributed by atoms with E-state index in [1.54, 1.807) is 42.7 Å². The average Bonchev–Trinajstić information content (AvgIpc) is 3.36. The summed E-state index contributed by atoms with van der Waals surface area (Å²) in [5.41, 5.74) is 1.90. The molecule has 0 saturated carbocycles. The van der Waals surface area contributed by atoms with E-state index in [0.717, 1.165) is 17.0 Å². The number of furan rings is 1. The van der Waals surface area contributed by atoms with E-state index in [0.29, 0.717) is 39.6 Å². The van der Waals surface area contributed by atoms with Gasteiger partial charge in [-0.15, -0.1) is 10.2 Å². The smallest absolute Gasteiger partial charge is 0.160 e. The van der Waals surface area contributed by atoms with Gasteiger partial charge in [-0.2, -0.15) is 5.26 Å². The molecule has 0 saturated heterocycles. The van der Waals surface area contributed by atoms with Gasteiger partial charge in [-0.25, -0.2) is 0 Å². The zero-order chi connectivity index (χ0) is 26.0. The molecule has 0 bridgehead atoms. The summed E-state index contributed by atoms with van der Waals surface area (Å²) < 4.78 is 54.9. The normalized spacial score (nSPS) is 15.1. The van der Waals surface area contributed by atoms with E-state index in [4.69, 9.17) is 12.6 Å². The van der Waals surface area contributed by atoms with E-state index in [9.17, 15) is 5.26 Å². The van der Waals surface area contributed by atoms with Crippen molar-refractivity contribution in [3.8, 4) is 23.0 Å². The number of para-hydroxylation sites is 1. The van der Waals surface area contributed by atoms with E-state index < -0.39 is 13.7 Å². The minimum Gasteiger partial charge on any atom is -0.453 e. The Labute approximate surface area is 181 Å². The summed E-state index contributed by atoms with van der Waals surface area (Å²) in [6.45, 7) is -1.72. The Bertz CT molecular complexity index is 1690. The molecule has 5 aromatic rings. The maximum atomic E-state index is 9.81. The lowest BCUT2D eigenvalue weighted by Crippen LogP contribution is -2.02. The fraction of sp³-hybridized carbons (Fsp3) is 0.167. The summed E-state index contributed by atoms with van der Waals surface area (Å²) in [5.74, 6) is 1.17. The van der Waals surface area contributed by atoms with Gasteiger partial charge in [0.25, 0.3) is 0 Å². The van der Waals surface area contributed by atoms with Crippen LogP contribution in [0.5, 0.6) is 0 Å². The number of pyridine rings is 1. The third-order valence-electron chi connectivity index (χ3n) is 5.15. The van der Waals surface area contributed by atoms with Gasteiger partial charge in [0.05, 0.1) is 11.3 Å². The fourth-order valence-corrected chi connectivity index (χ4v) is 3.76. The summed E-state index contributed by atoms with van der Waals surface area (Å²) in [7, 11) is 0. The minimum atomic E-state index is -2.65. The highest BCUT2D eigenvalue weighted by Gasteiger charge is 2.21. The van der Waals surface area contributed by atoms with Crippen LogP contribution in [0.3, 0.4) is 0 Å². The molecule has 0 aliphatic heterocycles. The molecule has 146 valence electrons. The van der Waals surface area contributed by atoms with Crippen molar-refractivity contribution in [1.29, 1.82) is 5.26 Å². The second-order valence-electron chi connectivity index (χ2n) is 6.98. The first-order valence-corrected chi connectivity index (χ1v) is 9.20.